The summed E-state index contributed by atoms with van der Waals surface area (Å²) in [4.78, 5) is 3.74. The van der Waals surface area contributed by atoms with E-state index in [9.17, 15) is 0 Å². The van der Waals surface area contributed by atoms with E-state index in [2.05, 4.69) is 36.2 Å². The van der Waals surface area contributed by atoms with E-state index in [-0.39, 0.29) is 0 Å². The van der Waals surface area contributed by atoms with E-state index in [0.29, 0.717) is 0 Å². The van der Waals surface area contributed by atoms with Crippen molar-refractivity contribution in [3.63, 3.8) is 0 Å². The minimum absolute atomic E-state index is 0.784. The third kappa shape index (κ3) is 4.19. The SMILES string of the molecule is CCCCCCCCCCC1CCCc2c1[nH]c1ccccc21. The molecule has 0 fully saturated rings. The Balaban J connectivity index is 1.47. The van der Waals surface area contributed by atoms with Crippen LogP contribution in [0.2, 0.25) is 0 Å². The smallest absolute Gasteiger partial charge is 0.0459 e. The summed E-state index contributed by atoms with van der Waals surface area (Å²) in [6.07, 6.45) is 16.8. The lowest BCUT2D eigenvalue weighted by Crippen LogP contribution is -2.09. The van der Waals surface area contributed by atoms with E-state index in [1.165, 1.54) is 88.0 Å². The predicted octanol–water partition coefficient (Wildman–Crippen LogP) is 7.12. The molecule has 1 aromatic heterocycles. The van der Waals surface area contributed by atoms with Gasteiger partial charge in [-0.05, 0) is 43.2 Å². The van der Waals surface area contributed by atoms with E-state index in [1.807, 2.05) is 0 Å². The molecule has 0 saturated heterocycles. The van der Waals surface area contributed by atoms with Gasteiger partial charge in [-0.2, -0.15) is 0 Å². The summed E-state index contributed by atoms with van der Waals surface area (Å²) < 4.78 is 0. The molecule has 1 unspecified atom stereocenters. The van der Waals surface area contributed by atoms with Gasteiger partial charge in [-0.3, -0.25) is 0 Å². The Morgan fingerprint density at radius 2 is 1.70 bits per heavy atom. The summed E-state index contributed by atoms with van der Waals surface area (Å²) in [5.41, 5.74) is 4.54. The number of benzene rings is 1. The highest BCUT2D eigenvalue weighted by Gasteiger charge is 2.23. The topological polar surface area (TPSA) is 15.8 Å². The average molecular weight is 312 g/mol. The van der Waals surface area contributed by atoms with Crippen molar-refractivity contribution >= 4 is 10.9 Å². The maximum absolute atomic E-state index is 3.74. The zero-order chi connectivity index (χ0) is 15.9. The number of aryl methyl sites for hydroxylation is 1. The van der Waals surface area contributed by atoms with Gasteiger partial charge in [0.05, 0.1) is 0 Å². The molecule has 1 aliphatic carbocycles. The van der Waals surface area contributed by atoms with Gasteiger partial charge in [-0.1, -0.05) is 76.5 Å². The molecular weight excluding hydrogens is 278 g/mol. The Morgan fingerprint density at radius 3 is 2.52 bits per heavy atom. The van der Waals surface area contributed by atoms with Crippen molar-refractivity contribution in [2.45, 2.75) is 89.9 Å². The van der Waals surface area contributed by atoms with Crippen molar-refractivity contribution in [1.82, 2.24) is 4.98 Å². The van der Waals surface area contributed by atoms with Crippen molar-refractivity contribution in [3.05, 3.63) is 35.5 Å². The molecule has 0 aliphatic heterocycles. The lowest BCUT2D eigenvalue weighted by molar-refractivity contribution is 0.476. The molecule has 1 N–H and O–H groups in total. The maximum Gasteiger partial charge on any atom is 0.0459 e. The van der Waals surface area contributed by atoms with E-state index in [1.54, 1.807) is 11.3 Å². The van der Waals surface area contributed by atoms with Gasteiger partial charge < -0.3 is 4.98 Å². The number of unbranched alkanes of at least 4 members (excludes halogenated alkanes) is 7. The fourth-order valence-corrected chi connectivity index (χ4v) is 4.32. The summed E-state index contributed by atoms with van der Waals surface area (Å²) in [5, 5.41) is 1.48. The van der Waals surface area contributed by atoms with Crippen molar-refractivity contribution in [2.24, 2.45) is 0 Å². The Bertz CT molecular complexity index is 595. The van der Waals surface area contributed by atoms with E-state index < -0.39 is 0 Å². The van der Waals surface area contributed by atoms with E-state index in [0.717, 1.165) is 5.92 Å². The van der Waals surface area contributed by atoms with Crippen molar-refractivity contribution < 1.29 is 0 Å². The van der Waals surface area contributed by atoms with Crippen LogP contribution in [-0.2, 0) is 6.42 Å². The van der Waals surface area contributed by atoms with Crippen LogP contribution in [0.3, 0.4) is 0 Å². The molecule has 2 aromatic rings. The number of aromatic amines is 1. The zero-order valence-corrected chi connectivity index (χ0v) is 14.9. The van der Waals surface area contributed by atoms with Gasteiger partial charge in [-0.15, -0.1) is 0 Å². The lowest BCUT2D eigenvalue weighted by atomic mass is 9.83. The number of hydrogen-bond acceptors (Lipinski definition) is 0. The molecule has 1 aromatic carbocycles. The fourth-order valence-electron chi connectivity index (χ4n) is 4.32. The van der Waals surface area contributed by atoms with Gasteiger partial charge >= 0.3 is 0 Å². The molecule has 1 heteroatoms. The number of aromatic nitrogens is 1. The molecule has 3 rings (SSSR count). The van der Waals surface area contributed by atoms with Crippen molar-refractivity contribution in [1.29, 1.82) is 0 Å². The van der Waals surface area contributed by atoms with Gasteiger partial charge in [0.15, 0.2) is 0 Å². The van der Waals surface area contributed by atoms with Crippen LogP contribution in [0.15, 0.2) is 24.3 Å². The summed E-state index contributed by atoms with van der Waals surface area (Å²) in [6, 6.07) is 8.86. The number of rotatable bonds is 9. The predicted molar refractivity (Wildman–Crippen MR) is 101 cm³/mol. The Hall–Kier alpha value is -1.24. The average Bonchev–Trinajstić information content (AvgIpc) is 2.97. The molecular formula is C22H33N. The van der Waals surface area contributed by atoms with Gasteiger partial charge in [-0.25, -0.2) is 0 Å². The highest BCUT2D eigenvalue weighted by atomic mass is 14.7. The maximum atomic E-state index is 3.74. The van der Waals surface area contributed by atoms with Gasteiger partial charge in [0.2, 0.25) is 0 Å². The quantitative estimate of drug-likeness (QED) is 0.474. The summed E-state index contributed by atoms with van der Waals surface area (Å²) in [7, 11) is 0. The second-order valence-corrected chi connectivity index (χ2v) is 7.42. The first-order valence-corrected chi connectivity index (χ1v) is 9.99. The number of fused-ring (bicyclic) bond motifs is 3. The third-order valence-electron chi connectivity index (χ3n) is 5.64. The van der Waals surface area contributed by atoms with Crippen molar-refractivity contribution in [2.75, 3.05) is 0 Å². The van der Waals surface area contributed by atoms with Crippen LogP contribution in [0.4, 0.5) is 0 Å². The molecule has 0 bridgehead atoms. The molecule has 1 nitrogen and oxygen atoms in total. The normalized spacial score (nSPS) is 17.5. The number of nitrogens with one attached hydrogen (secondary N) is 1. The first-order valence-electron chi connectivity index (χ1n) is 9.99. The molecule has 0 saturated carbocycles. The molecule has 1 heterocycles. The van der Waals surface area contributed by atoms with Crippen LogP contribution in [0.25, 0.3) is 10.9 Å². The largest absolute Gasteiger partial charge is 0.358 e. The van der Waals surface area contributed by atoms with Crippen LogP contribution in [0, 0.1) is 0 Å². The van der Waals surface area contributed by atoms with E-state index >= 15 is 0 Å². The molecule has 1 atom stereocenters. The fraction of sp³-hybridized carbons (Fsp3) is 0.636. The second-order valence-electron chi connectivity index (χ2n) is 7.42. The Labute approximate surface area is 141 Å². The molecule has 0 spiro atoms. The Morgan fingerprint density at radius 1 is 0.957 bits per heavy atom. The standard InChI is InChI=1S/C22H33N/c1-2-3-4-5-6-7-8-9-13-18-14-12-16-20-19-15-10-11-17-21(19)23-22(18)20/h10-11,15,17-18,23H,2-9,12-14,16H2,1H3. The van der Waals surface area contributed by atoms with Gasteiger partial charge in [0.25, 0.3) is 0 Å². The lowest BCUT2D eigenvalue weighted by Gasteiger charge is -2.22. The van der Waals surface area contributed by atoms with Crippen LogP contribution >= 0.6 is 0 Å². The highest BCUT2D eigenvalue weighted by molar-refractivity contribution is 5.85. The summed E-state index contributed by atoms with van der Waals surface area (Å²) in [6.45, 7) is 2.29. The molecule has 0 radical (unpaired) electrons. The molecule has 23 heavy (non-hydrogen) atoms. The molecule has 126 valence electrons. The van der Waals surface area contributed by atoms with Crippen LogP contribution in [0.1, 0.15) is 94.7 Å². The minimum atomic E-state index is 0.784. The zero-order valence-electron chi connectivity index (χ0n) is 14.9. The monoisotopic (exact) mass is 311 g/mol. The van der Waals surface area contributed by atoms with Crippen LogP contribution in [-0.4, -0.2) is 4.98 Å². The highest BCUT2D eigenvalue weighted by Crippen LogP contribution is 2.38. The number of para-hydroxylation sites is 1. The van der Waals surface area contributed by atoms with Crippen molar-refractivity contribution in [3.8, 4) is 0 Å². The van der Waals surface area contributed by atoms with Gasteiger partial charge in [0.1, 0.15) is 0 Å². The second kappa shape index (κ2) is 8.57. The first-order chi connectivity index (χ1) is 11.4. The molecule has 0 amide bonds. The molecule has 1 aliphatic rings. The number of hydrogen-bond donors (Lipinski definition) is 1. The summed E-state index contributed by atoms with van der Waals surface area (Å²) in [5.74, 6) is 0.784. The number of H-pyrrole nitrogens is 1. The summed E-state index contributed by atoms with van der Waals surface area (Å²) >= 11 is 0. The van der Waals surface area contributed by atoms with Gasteiger partial charge in [0, 0.05) is 16.6 Å². The van der Waals surface area contributed by atoms with E-state index in [4.69, 9.17) is 0 Å². The minimum Gasteiger partial charge on any atom is -0.358 e. The Kier molecular flexibility index (Phi) is 6.19. The third-order valence-corrected chi connectivity index (χ3v) is 5.64. The van der Waals surface area contributed by atoms with Crippen LogP contribution < -0.4 is 0 Å². The first kappa shape index (κ1) is 16.6. The van der Waals surface area contributed by atoms with Crippen LogP contribution in [0.5, 0.6) is 0 Å².